The van der Waals surface area contributed by atoms with Crippen molar-refractivity contribution in [1.29, 1.82) is 0 Å². The number of primary amides is 1. The lowest BCUT2D eigenvalue weighted by Gasteiger charge is -2.38. The molecular formula is C28H33FN2O3. The van der Waals surface area contributed by atoms with Crippen LogP contribution < -0.4 is 15.2 Å². The van der Waals surface area contributed by atoms with Crippen molar-refractivity contribution in [3.8, 4) is 11.5 Å². The van der Waals surface area contributed by atoms with Crippen molar-refractivity contribution in [1.82, 2.24) is 4.90 Å². The average Bonchev–Trinajstić information content (AvgIpc) is 2.85. The molecule has 0 aliphatic carbocycles. The zero-order chi connectivity index (χ0) is 24.6. The predicted molar refractivity (Wildman–Crippen MR) is 132 cm³/mol. The van der Waals surface area contributed by atoms with Crippen molar-refractivity contribution in [3.63, 3.8) is 0 Å². The Morgan fingerprint density at radius 1 is 0.971 bits per heavy atom. The Morgan fingerprint density at radius 2 is 1.71 bits per heavy atom. The second-order valence-corrected chi connectivity index (χ2v) is 8.55. The summed E-state index contributed by atoms with van der Waals surface area (Å²) in [6.07, 6.45) is 1.32. The molecule has 34 heavy (non-hydrogen) atoms. The third kappa shape index (κ3) is 6.35. The van der Waals surface area contributed by atoms with Crippen LogP contribution in [0.4, 0.5) is 4.39 Å². The summed E-state index contributed by atoms with van der Waals surface area (Å²) in [6.45, 7) is 5.40. The number of hydrogen-bond acceptors (Lipinski definition) is 4. The number of carbonyl (C=O) groups is 1. The van der Waals surface area contributed by atoms with E-state index in [9.17, 15) is 9.18 Å². The van der Waals surface area contributed by atoms with Crippen molar-refractivity contribution >= 4 is 5.91 Å². The van der Waals surface area contributed by atoms with E-state index in [1.807, 2.05) is 56.3 Å². The summed E-state index contributed by atoms with van der Waals surface area (Å²) in [5.41, 5.74) is 7.99. The first-order valence-corrected chi connectivity index (χ1v) is 11.5. The van der Waals surface area contributed by atoms with Gasteiger partial charge in [-0.05, 0) is 60.7 Å². The maximum absolute atomic E-state index is 13.4. The Kier molecular flexibility index (Phi) is 8.66. The second kappa shape index (κ2) is 11.7. The van der Waals surface area contributed by atoms with Gasteiger partial charge in [-0.3, -0.25) is 9.69 Å². The molecule has 0 bridgehead atoms. The van der Waals surface area contributed by atoms with Crippen LogP contribution in [-0.4, -0.2) is 30.0 Å². The number of carbonyl (C=O) groups excluding carboxylic acids is 1. The number of ether oxygens (including phenoxy) is 2. The van der Waals surface area contributed by atoms with E-state index in [1.165, 1.54) is 12.1 Å². The number of hydrogen-bond donors (Lipinski definition) is 1. The summed E-state index contributed by atoms with van der Waals surface area (Å²) in [7, 11) is 1.59. The van der Waals surface area contributed by atoms with Crippen molar-refractivity contribution in [2.24, 2.45) is 5.73 Å². The van der Waals surface area contributed by atoms with E-state index < -0.39 is 5.54 Å². The zero-order valence-corrected chi connectivity index (χ0v) is 20.1. The van der Waals surface area contributed by atoms with Gasteiger partial charge in [-0.25, -0.2) is 4.39 Å². The van der Waals surface area contributed by atoms with Gasteiger partial charge in [0.15, 0.2) is 11.5 Å². The van der Waals surface area contributed by atoms with Gasteiger partial charge in [0, 0.05) is 13.1 Å². The van der Waals surface area contributed by atoms with Crippen LogP contribution in [0.3, 0.4) is 0 Å². The molecule has 0 aliphatic rings. The Bertz CT molecular complexity index is 1090. The molecule has 0 fully saturated rings. The summed E-state index contributed by atoms with van der Waals surface area (Å²) in [6, 6.07) is 22.2. The van der Waals surface area contributed by atoms with Crippen molar-refractivity contribution < 1.29 is 18.7 Å². The highest BCUT2D eigenvalue weighted by atomic mass is 19.1. The number of nitrogens with zero attached hydrogens (tertiary/aromatic N) is 1. The van der Waals surface area contributed by atoms with Gasteiger partial charge in [-0.15, -0.1) is 0 Å². The molecule has 180 valence electrons. The van der Waals surface area contributed by atoms with E-state index in [2.05, 4.69) is 17.0 Å². The molecule has 2 N–H and O–H groups in total. The monoisotopic (exact) mass is 464 g/mol. The van der Waals surface area contributed by atoms with Crippen molar-refractivity contribution in [2.45, 2.75) is 45.4 Å². The zero-order valence-electron chi connectivity index (χ0n) is 20.1. The smallest absolute Gasteiger partial charge is 0.237 e. The minimum absolute atomic E-state index is 0.242. The van der Waals surface area contributed by atoms with Gasteiger partial charge in [-0.1, -0.05) is 55.5 Å². The fourth-order valence-corrected chi connectivity index (χ4v) is 3.90. The van der Waals surface area contributed by atoms with E-state index in [0.717, 1.165) is 16.7 Å². The standard InChI is InChI=1S/C28H33FN2O3/c1-4-28(2,27(30)32)31(19-22-9-6-5-7-10-22)16-15-21-13-14-25(26(18-21)33-3)34-20-23-11-8-12-24(29)17-23/h5-14,17-18H,4,15-16,19-20H2,1-3H3,(H2,30,32). The molecule has 1 amide bonds. The van der Waals surface area contributed by atoms with Crippen molar-refractivity contribution in [2.75, 3.05) is 13.7 Å². The topological polar surface area (TPSA) is 64.8 Å². The maximum atomic E-state index is 13.4. The number of methoxy groups -OCH3 is 1. The molecule has 0 spiro atoms. The maximum Gasteiger partial charge on any atom is 0.237 e. The van der Waals surface area contributed by atoms with Gasteiger partial charge in [0.1, 0.15) is 12.4 Å². The molecule has 0 aliphatic heterocycles. The molecule has 3 rings (SSSR count). The largest absolute Gasteiger partial charge is 0.493 e. The Morgan fingerprint density at radius 3 is 2.35 bits per heavy atom. The lowest BCUT2D eigenvalue weighted by atomic mass is 9.93. The number of amides is 1. The Labute approximate surface area is 201 Å². The quantitative estimate of drug-likeness (QED) is 0.404. The summed E-state index contributed by atoms with van der Waals surface area (Å²) < 4.78 is 24.8. The van der Waals surface area contributed by atoms with Gasteiger partial charge in [0.25, 0.3) is 0 Å². The molecule has 5 nitrogen and oxygen atoms in total. The van der Waals surface area contributed by atoms with Crippen LogP contribution in [0.15, 0.2) is 72.8 Å². The average molecular weight is 465 g/mol. The number of benzene rings is 3. The van der Waals surface area contributed by atoms with E-state index in [0.29, 0.717) is 37.4 Å². The van der Waals surface area contributed by atoms with Crippen LogP contribution >= 0.6 is 0 Å². The van der Waals surface area contributed by atoms with Gasteiger partial charge in [0.2, 0.25) is 5.91 Å². The lowest BCUT2D eigenvalue weighted by Crippen LogP contribution is -2.55. The van der Waals surface area contributed by atoms with Crippen LogP contribution in [0.1, 0.15) is 37.0 Å². The van der Waals surface area contributed by atoms with E-state index in [4.69, 9.17) is 15.2 Å². The Hall–Kier alpha value is -3.38. The van der Waals surface area contributed by atoms with Gasteiger partial charge >= 0.3 is 0 Å². The first-order valence-electron chi connectivity index (χ1n) is 11.5. The lowest BCUT2D eigenvalue weighted by molar-refractivity contribution is -0.130. The highest BCUT2D eigenvalue weighted by molar-refractivity contribution is 5.84. The summed E-state index contributed by atoms with van der Waals surface area (Å²) in [4.78, 5) is 14.5. The van der Waals surface area contributed by atoms with E-state index in [-0.39, 0.29) is 18.3 Å². The third-order valence-corrected chi connectivity index (χ3v) is 6.32. The van der Waals surface area contributed by atoms with Gasteiger partial charge < -0.3 is 15.2 Å². The van der Waals surface area contributed by atoms with Crippen LogP contribution in [0, 0.1) is 5.82 Å². The predicted octanol–water partition coefficient (Wildman–Crippen LogP) is 5.11. The molecule has 1 atom stereocenters. The molecule has 3 aromatic rings. The molecule has 0 radical (unpaired) electrons. The SMILES string of the molecule is CCC(C)(C(N)=O)N(CCc1ccc(OCc2cccc(F)c2)c(OC)c1)Cc1ccccc1. The van der Waals surface area contributed by atoms with Crippen LogP contribution in [0.25, 0.3) is 0 Å². The van der Waals surface area contributed by atoms with Crippen molar-refractivity contribution in [3.05, 3.63) is 95.3 Å². The van der Waals surface area contributed by atoms with E-state index in [1.54, 1.807) is 13.2 Å². The van der Waals surface area contributed by atoms with E-state index >= 15 is 0 Å². The second-order valence-electron chi connectivity index (χ2n) is 8.55. The van der Waals surface area contributed by atoms with Crippen LogP contribution in [-0.2, 0) is 24.4 Å². The molecule has 1 unspecified atom stereocenters. The van der Waals surface area contributed by atoms with Crippen LogP contribution in [0.5, 0.6) is 11.5 Å². The highest BCUT2D eigenvalue weighted by Crippen LogP contribution is 2.30. The molecule has 0 saturated heterocycles. The Balaban J connectivity index is 1.73. The number of halogens is 1. The number of nitrogens with two attached hydrogens (primary N) is 1. The summed E-state index contributed by atoms with van der Waals surface area (Å²) in [5, 5.41) is 0. The molecular weight excluding hydrogens is 431 g/mol. The summed E-state index contributed by atoms with van der Waals surface area (Å²) in [5.74, 6) is 0.576. The minimum Gasteiger partial charge on any atom is -0.493 e. The van der Waals surface area contributed by atoms with Gasteiger partial charge in [0.05, 0.1) is 12.6 Å². The van der Waals surface area contributed by atoms with Crippen LogP contribution in [0.2, 0.25) is 0 Å². The molecule has 0 saturated carbocycles. The fraction of sp³-hybridized carbons (Fsp3) is 0.321. The number of rotatable bonds is 12. The first kappa shape index (κ1) is 25.2. The normalized spacial score (nSPS) is 12.9. The molecule has 6 heteroatoms. The molecule has 0 aromatic heterocycles. The first-order chi connectivity index (χ1) is 16.4. The molecule has 3 aromatic carbocycles. The third-order valence-electron chi connectivity index (χ3n) is 6.32. The highest BCUT2D eigenvalue weighted by Gasteiger charge is 2.35. The summed E-state index contributed by atoms with van der Waals surface area (Å²) >= 11 is 0. The molecule has 0 heterocycles. The fourth-order valence-electron chi connectivity index (χ4n) is 3.90. The van der Waals surface area contributed by atoms with Gasteiger partial charge in [-0.2, -0.15) is 0 Å². The minimum atomic E-state index is -0.756.